The van der Waals surface area contributed by atoms with Crippen LogP contribution in [0.15, 0.2) is 36.7 Å². The predicted octanol–water partition coefficient (Wildman–Crippen LogP) is 1.97. The van der Waals surface area contributed by atoms with Crippen LogP contribution < -0.4 is 0 Å². The highest BCUT2D eigenvalue weighted by Gasteiger charge is 2.16. The third-order valence-electron chi connectivity index (χ3n) is 3.57. The Morgan fingerprint density at radius 1 is 1.25 bits per heavy atom. The highest BCUT2D eigenvalue weighted by Crippen LogP contribution is 2.26. The molecular weight excluding hydrogens is 252 g/mol. The molecule has 1 aromatic carbocycles. The van der Waals surface area contributed by atoms with Gasteiger partial charge in [-0.15, -0.1) is 0 Å². The van der Waals surface area contributed by atoms with Crippen molar-refractivity contribution in [2.45, 2.75) is 18.9 Å². The lowest BCUT2D eigenvalue weighted by atomic mass is 10.0. The fourth-order valence-electron chi connectivity index (χ4n) is 2.53. The van der Waals surface area contributed by atoms with Gasteiger partial charge in [0.05, 0.1) is 23.5 Å². The number of fused-ring (bicyclic) bond motifs is 1. The Hall–Kier alpha value is -2.14. The number of aromatic nitrogens is 4. The summed E-state index contributed by atoms with van der Waals surface area (Å²) in [6.45, 7) is 0. The number of benzene rings is 1. The second kappa shape index (κ2) is 5.09. The molecule has 5 heteroatoms. The number of nitrogens with zero attached hydrogens (tertiary/aromatic N) is 4. The van der Waals surface area contributed by atoms with Crippen LogP contribution in [-0.4, -0.2) is 24.7 Å². The van der Waals surface area contributed by atoms with Crippen LogP contribution in [0.2, 0.25) is 0 Å². The Morgan fingerprint density at radius 2 is 2.05 bits per heavy atom. The van der Waals surface area contributed by atoms with Crippen LogP contribution in [0, 0.1) is 0 Å². The molecule has 20 heavy (non-hydrogen) atoms. The summed E-state index contributed by atoms with van der Waals surface area (Å²) in [5.41, 5.74) is 2.93. The van der Waals surface area contributed by atoms with Crippen molar-refractivity contribution in [2.24, 2.45) is 14.1 Å². The third kappa shape index (κ3) is 2.32. The van der Waals surface area contributed by atoms with Crippen LogP contribution in [0.5, 0.6) is 0 Å². The molecule has 1 unspecified atom stereocenters. The molecule has 1 atom stereocenters. The van der Waals surface area contributed by atoms with Gasteiger partial charge in [0.25, 0.3) is 0 Å². The van der Waals surface area contributed by atoms with Crippen LogP contribution in [0.1, 0.15) is 23.8 Å². The van der Waals surface area contributed by atoms with E-state index in [1.54, 1.807) is 4.68 Å². The van der Waals surface area contributed by atoms with Crippen molar-refractivity contribution in [3.05, 3.63) is 47.9 Å². The van der Waals surface area contributed by atoms with Crippen molar-refractivity contribution in [3.8, 4) is 0 Å². The smallest absolute Gasteiger partial charge is 0.0988 e. The number of rotatable bonds is 4. The second-order valence-electron chi connectivity index (χ2n) is 5.10. The van der Waals surface area contributed by atoms with Gasteiger partial charge in [0.2, 0.25) is 0 Å². The molecule has 0 saturated carbocycles. The van der Waals surface area contributed by atoms with Crippen LogP contribution in [-0.2, 0) is 20.5 Å². The summed E-state index contributed by atoms with van der Waals surface area (Å²) < 4.78 is 3.59. The molecule has 0 spiro atoms. The molecule has 5 nitrogen and oxygen atoms in total. The van der Waals surface area contributed by atoms with E-state index in [-0.39, 0.29) is 0 Å². The normalized spacial score (nSPS) is 12.9. The van der Waals surface area contributed by atoms with Crippen LogP contribution in [0.25, 0.3) is 10.9 Å². The zero-order valence-electron chi connectivity index (χ0n) is 11.7. The first kappa shape index (κ1) is 12.9. The lowest BCUT2D eigenvalue weighted by Crippen LogP contribution is -2.02. The fraction of sp³-hybridized carbons (Fsp3) is 0.333. The molecule has 0 aliphatic carbocycles. The molecule has 0 aliphatic rings. The van der Waals surface area contributed by atoms with E-state index in [1.807, 2.05) is 55.4 Å². The fourth-order valence-corrected chi connectivity index (χ4v) is 2.53. The minimum absolute atomic E-state index is 0.554. The van der Waals surface area contributed by atoms with Crippen molar-refractivity contribution < 1.29 is 5.11 Å². The average molecular weight is 270 g/mol. The Bertz CT molecular complexity index is 728. The van der Waals surface area contributed by atoms with E-state index >= 15 is 0 Å². The SMILES string of the molecule is Cn1cc(CCC(O)c2nn(C)c3ccccc23)cn1. The molecule has 104 valence electrons. The number of aliphatic hydroxyl groups excluding tert-OH is 1. The van der Waals surface area contributed by atoms with Gasteiger partial charge in [-0.2, -0.15) is 10.2 Å². The summed E-state index contributed by atoms with van der Waals surface area (Å²) in [7, 11) is 3.80. The van der Waals surface area contributed by atoms with E-state index in [0.717, 1.165) is 28.6 Å². The van der Waals surface area contributed by atoms with Crippen LogP contribution in [0.4, 0.5) is 0 Å². The van der Waals surface area contributed by atoms with E-state index < -0.39 is 6.10 Å². The highest BCUT2D eigenvalue weighted by atomic mass is 16.3. The first-order valence-electron chi connectivity index (χ1n) is 6.72. The van der Waals surface area contributed by atoms with Crippen molar-refractivity contribution in [3.63, 3.8) is 0 Å². The number of hydrogen-bond donors (Lipinski definition) is 1. The monoisotopic (exact) mass is 270 g/mol. The molecule has 2 heterocycles. The van der Waals surface area contributed by atoms with Gasteiger partial charge in [-0.1, -0.05) is 18.2 Å². The van der Waals surface area contributed by atoms with Gasteiger partial charge in [-0.05, 0) is 24.5 Å². The quantitative estimate of drug-likeness (QED) is 0.788. The summed E-state index contributed by atoms with van der Waals surface area (Å²) >= 11 is 0. The summed E-state index contributed by atoms with van der Waals surface area (Å²) in [6.07, 6.45) is 4.69. The maximum Gasteiger partial charge on any atom is 0.0988 e. The summed E-state index contributed by atoms with van der Waals surface area (Å²) in [5.74, 6) is 0. The van der Waals surface area contributed by atoms with E-state index in [1.165, 1.54) is 0 Å². The summed E-state index contributed by atoms with van der Waals surface area (Å²) in [4.78, 5) is 0. The zero-order chi connectivity index (χ0) is 14.1. The van der Waals surface area contributed by atoms with E-state index in [9.17, 15) is 5.11 Å². The van der Waals surface area contributed by atoms with Gasteiger partial charge in [0, 0.05) is 25.7 Å². The molecule has 0 fully saturated rings. The van der Waals surface area contributed by atoms with Gasteiger partial charge in [-0.25, -0.2) is 0 Å². The van der Waals surface area contributed by atoms with Crippen molar-refractivity contribution in [1.29, 1.82) is 0 Å². The minimum Gasteiger partial charge on any atom is -0.387 e. The van der Waals surface area contributed by atoms with E-state index in [4.69, 9.17) is 0 Å². The standard InChI is InChI=1S/C15H18N4O/c1-18-10-11(9-16-18)7-8-14(20)15-12-5-3-4-6-13(12)19(2)17-15/h3-6,9-10,14,20H,7-8H2,1-2H3. The second-order valence-corrected chi connectivity index (χ2v) is 5.10. The number of para-hydroxylation sites is 1. The number of aryl methyl sites for hydroxylation is 3. The first-order valence-corrected chi connectivity index (χ1v) is 6.72. The lowest BCUT2D eigenvalue weighted by Gasteiger charge is -2.07. The zero-order valence-corrected chi connectivity index (χ0v) is 11.7. The highest BCUT2D eigenvalue weighted by molar-refractivity contribution is 5.82. The minimum atomic E-state index is -0.554. The van der Waals surface area contributed by atoms with Crippen LogP contribution in [0.3, 0.4) is 0 Å². The maximum absolute atomic E-state index is 10.4. The molecular formula is C15H18N4O. The first-order chi connectivity index (χ1) is 9.65. The van der Waals surface area contributed by atoms with Crippen molar-refractivity contribution >= 4 is 10.9 Å². The molecule has 0 amide bonds. The predicted molar refractivity (Wildman–Crippen MR) is 77.2 cm³/mol. The molecule has 0 radical (unpaired) electrons. The van der Waals surface area contributed by atoms with Gasteiger partial charge in [0.15, 0.2) is 0 Å². The Kier molecular flexibility index (Phi) is 3.28. The van der Waals surface area contributed by atoms with Gasteiger partial charge < -0.3 is 5.11 Å². The van der Waals surface area contributed by atoms with Gasteiger partial charge in [0.1, 0.15) is 0 Å². The summed E-state index contributed by atoms with van der Waals surface area (Å²) in [5, 5.41) is 20.0. The van der Waals surface area contributed by atoms with E-state index in [2.05, 4.69) is 10.2 Å². The molecule has 3 rings (SSSR count). The van der Waals surface area contributed by atoms with E-state index in [0.29, 0.717) is 6.42 Å². The molecule has 0 bridgehead atoms. The Labute approximate surface area is 117 Å². The largest absolute Gasteiger partial charge is 0.387 e. The topological polar surface area (TPSA) is 55.9 Å². The van der Waals surface area contributed by atoms with Gasteiger partial charge >= 0.3 is 0 Å². The van der Waals surface area contributed by atoms with Gasteiger partial charge in [-0.3, -0.25) is 9.36 Å². The number of hydrogen-bond acceptors (Lipinski definition) is 3. The van der Waals surface area contributed by atoms with Crippen molar-refractivity contribution in [2.75, 3.05) is 0 Å². The Balaban J connectivity index is 1.80. The summed E-state index contributed by atoms with van der Waals surface area (Å²) in [6, 6.07) is 7.97. The molecule has 1 N–H and O–H groups in total. The van der Waals surface area contributed by atoms with Crippen LogP contribution >= 0.6 is 0 Å². The number of aliphatic hydroxyl groups is 1. The molecule has 0 saturated heterocycles. The Morgan fingerprint density at radius 3 is 2.80 bits per heavy atom. The molecule has 0 aliphatic heterocycles. The molecule has 3 aromatic rings. The maximum atomic E-state index is 10.4. The molecule has 2 aromatic heterocycles. The van der Waals surface area contributed by atoms with Crippen molar-refractivity contribution in [1.82, 2.24) is 19.6 Å². The third-order valence-corrected chi connectivity index (χ3v) is 3.57. The lowest BCUT2D eigenvalue weighted by molar-refractivity contribution is 0.163. The average Bonchev–Trinajstić information content (AvgIpc) is 3.01.